The first-order valence-corrected chi connectivity index (χ1v) is 5.45. The molecule has 0 saturated heterocycles. The van der Waals surface area contributed by atoms with Crippen molar-refractivity contribution in [2.24, 2.45) is 5.73 Å². The van der Waals surface area contributed by atoms with Crippen molar-refractivity contribution in [3.8, 4) is 0 Å². The van der Waals surface area contributed by atoms with Crippen molar-refractivity contribution in [1.82, 2.24) is 9.38 Å². The van der Waals surface area contributed by atoms with Crippen molar-refractivity contribution < 1.29 is 4.39 Å². The van der Waals surface area contributed by atoms with Gasteiger partial charge < -0.3 is 10.1 Å². The second-order valence-electron chi connectivity index (χ2n) is 3.57. The molecule has 0 radical (unpaired) electrons. The number of fused-ring (bicyclic) bond motifs is 1. The summed E-state index contributed by atoms with van der Waals surface area (Å²) < 4.78 is 15.7. The van der Waals surface area contributed by atoms with E-state index < -0.39 is 0 Å². The highest BCUT2D eigenvalue weighted by Crippen LogP contribution is 2.22. The van der Waals surface area contributed by atoms with Gasteiger partial charge in [-0.2, -0.15) is 0 Å². The lowest BCUT2D eigenvalue weighted by atomic mass is 10.2. The zero-order valence-corrected chi connectivity index (χ0v) is 9.83. The number of nitrogens with zero attached hydrogens (tertiary/aromatic N) is 2. The number of nitrogens with two attached hydrogens (primary N) is 1. The second kappa shape index (κ2) is 3.90. The molecule has 0 fully saturated rings. The fourth-order valence-electron chi connectivity index (χ4n) is 1.55. The Kier molecular flexibility index (Phi) is 2.75. The summed E-state index contributed by atoms with van der Waals surface area (Å²) >= 11 is 3.25. The largest absolute Gasteiger partial charge is 0.328 e. The average Bonchev–Trinajstić information content (AvgIpc) is 2.44. The van der Waals surface area contributed by atoms with E-state index in [9.17, 15) is 4.39 Å². The Hall–Kier alpha value is -0.940. The number of hydrogen-bond acceptors (Lipinski definition) is 2. The van der Waals surface area contributed by atoms with Crippen LogP contribution in [0.5, 0.6) is 0 Å². The van der Waals surface area contributed by atoms with Crippen LogP contribution in [0, 0.1) is 5.82 Å². The Morgan fingerprint density at radius 1 is 1.67 bits per heavy atom. The Morgan fingerprint density at radius 3 is 3.07 bits per heavy atom. The first-order valence-electron chi connectivity index (χ1n) is 4.66. The van der Waals surface area contributed by atoms with E-state index in [0.717, 1.165) is 5.82 Å². The molecular formula is C10H11BrFN3. The molecule has 5 heteroatoms. The van der Waals surface area contributed by atoms with Crippen LogP contribution in [0.3, 0.4) is 0 Å². The number of rotatable bonds is 2. The summed E-state index contributed by atoms with van der Waals surface area (Å²) in [6.45, 7) is 1.90. The van der Waals surface area contributed by atoms with Crippen LogP contribution in [0.25, 0.3) is 5.52 Å². The molecule has 0 aliphatic heterocycles. The molecule has 3 nitrogen and oxygen atoms in total. The molecule has 0 aliphatic rings. The van der Waals surface area contributed by atoms with Crippen molar-refractivity contribution >= 4 is 21.4 Å². The molecule has 15 heavy (non-hydrogen) atoms. The quantitative estimate of drug-likeness (QED) is 0.910. The van der Waals surface area contributed by atoms with Gasteiger partial charge in [-0.15, -0.1) is 0 Å². The maximum Gasteiger partial charge on any atom is 0.150 e. The monoisotopic (exact) mass is 271 g/mol. The van der Waals surface area contributed by atoms with Gasteiger partial charge >= 0.3 is 0 Å². The van der Waals surface area contributed by atoms with Crippen molar-refractivity contribution in [3.05, 3.63) is 34.6 Å². The van der Waals surface area contributed by atoms with Gasteiger partial charge in [0.05, 0.1) is 0 Å². The van der Waals surface area contributed by atoms with E-state index in [1.807, 2.05) is 6.92 Å². The number of halogens is 2. The lowest BCUT2D eigenvalue weighted by molar-refractivity contribution is 0.630. The van der Waals surface area contributed by atoms with Gasteiger partial charge in [-0.1, -0.05) is 0 Å². The molecule has 1 atom stereocenters. The predicted molar refractivity (Wildman–Crippen MR) is 60.2 cm³/mol. The first kappa shape index (κ1) is 10.6. The fraction of sp³-hybridized carbons (Fsp3) is 0.300. The van der Waals surface area contributed by atoms with Gasteiger partial charge in [0.1, 0.15) is 21.8 Å². The number of imidazole rings is 1. The third-order valence-electron chi connectivity index (χ3n) is 2.15. The molecule has 1 unspecified atom stereocenters. The van der Waals surface area contributed by atoms with Crippen LogP contribution in [-0.4, -0.2) is 15.4 Å². The van der Waals surface area contributed by atoms with Crippen molar-refractivity contribution in [3.63, 3.8) is 0 Å². The maximum atomic E-state index is 13.5. The summed E-state index contributed by atoms with van der Waals surface area (Å²) in [7, 11) is 0. The lowest BCUT2D eigenvalue weighted by Crippen LogP contribution is -2.19. The summed E-state index contributed by atoms with van der Waals surface area (Å²) in [4.78, 5) is 4.25. The highest BCUT2D eigenvalue weighted by atomic mass is 79.9. The average molecular weight is 272 g/mol. The SMILES string of the molecule is CC(N)Cc1nc(Br)c2c(F)cccn12. The molecular weight excluding hydrogens is 261 g/mol. The van der Waals surface area contributed by atoms with E-state index in [0.29, 0.717) is 16.5 Å². The Balaban J connectivity index is 2.63. The molecule has 80 valence electrons. The van der Waals surface area contributed by atoms with Crippen molar-refractivity contribution in [1.29, 1.82) is 0 Å². The Morgan fingerprint density at radius 2 is 2.40 bits per heavy atom. The van der Waals surface area contributed by atoms with Crippen molar-refractivity contribution in [2.45, 2.75) is 19.4 Å². The minimum absolute atomic E-state index is 0.00534. The van der Waals surface area contributed by atoms with Crippen LogP contribution in [0.1, 0.15) is 12.7 Å². The molecule has 0 spiro atoms. The van der Waals surface area contributed by atoms with Crippen LogP contribution in [0.15, 0.2) is 22.9 Å². The van der Waals surface area contributed by atoms with Crippen LogP contribution in [0.2, 0.25) is 0 Å². The summed E-state index contributed by atoms with van der Waals surface area (Å²) in [6, 6.07) is 3.07. The van der Waals surface area contributed by atoms with Gasteiger partial charge in [0.2, 0.25) is 0 Å². The van der Waals surface area contributed by atoms with Gasteiger partial charge in [-0.05, 0) is 35.0 Å². The molecule has 0 aliphatic carbocycles. The van der Waals surface area contributed by atoms with Crippen LogP contribution in [0.4, 0.5) is 4.39 Å². The third-order valence-corrected chi connectivity index (χ3v) is 2.70. The van der Waals surface area contributed by atoms with Crippen molar-refractivity contribution in [2.75, 3.05) is 0 Å². The summed E-state index contributed by atoms with van der Waals surface area (Å²) in [5.41, 5.74) is 6.17. The number of pyridine rings is 1. The maximum absolute atomic E-state index is 13.5. The molecule has 2 aromatic heterocycles. The summed E-state index contributed by atoms with van der Waals surface area (Å²) in [5.74, 6) is 0.485. The zero-order chi connectivity index (χ0) is 11.0. The van der Waals surface area contributed by atoms with Crippen LogP contribution >= 0.6 is 15.9 Å². The zero-order valence-electron chi connectivity index (χ0n) is 8.24. The Bertz CT molecular complexity index is 493. The minimum atomic E-state index is -0.284. The second-order valence-corrected chi connectivity index (χ2v) is 4.33. The molecule has 2 aromatic rings. The highest BCUT2D eigenvalue weighted by Gasteiger charge is 2.13. The lowest BCUT2D eigenvalue weighted by Gasteiger charge is -2.03. The molecule has 0 saturated carbocycles. The van der Waals surface area contributed by atoms with E-state index in [2.05, 4.69) is 20.9 Å². The van der Waals surface area contributed by atoms with Crippen LogP contribution in [-0.2, 0) is 6.42 Å². The summed E-state index contributed by atoms with van der Waals surface area (Å²) in [5, 5.41) is 0. The van der Waals surface area contributed by atoms with Gasteiger partial charge in [0.25, 0.3) is 0 Å². The smallest absolute Gasteiger partial charge is 0.150 e. The predicted octanol–water partition coefficient (Wildman–Crippen LogP) is 2.13. The molecule has 2 N–H and O–H groups in total. The van der Waals surface area contributed by atoms with Gasteiger partial charge in [0.15, 0.2) is 0 Å². The molecule has 0 bridgehead atoms. The first-order chi connectivity index (χ1) is 7.09. The Labute approximate surface area is 95.2 Å². The van der Waals surface area contributed by atoms with E-state index >= 15 is 0 Å². The molecule has 0 amide bonds. The van der Waals surface area contributed by atoms with E-state index in [-0.39, 0.29) is 11.9 Å². The van der Waals surface area contributed by atoms with E-state index in [1.54, 1.807) is 16.7 Å². The number of hydrogen-bond donors (Lipinski definition) is 1. The van der Waals surface area contributed by atoms with Gasteiger partial charge in [0, 0.05) is 18.7 Å². The fourth-order valence-corrected chi connectivity index (χ4v) is 2.13. The topological polar surface area (TPSA) is 43.3 Å². The highest BCUT2D eigenvalue weighted by molar-refractivity contribution is 9.10. The molecule has 0 aromatic carbocycles. The minimum Gasteiger partial charge on any atom is -0.328 e. The summed E-state index contributed by atoms with van der Waals surface area (Å²) in [6.07, 6.45) is 2.41. The number of aromatic nitrogens is 2. The van der Waals surface area contributed by atoms with E-state index in [1.165, 1.54) is 6.07 Å². The molecule has 2 rings (SSSR count). The normalized spacial score (nSPS) is 13.3. The van der Waals surface area contributed by atoms with Crippen LogP contribution < -0.4 is 5.73 Å². The van der Waals surface area contributed by atoms with Gasteiger partial charge in [-0.3, -0.25) is 0 Å². The standard InChI is InChI=1S/C10H11BrFN3/c1-6(13)5-8-14-10(11)9-7(12)3-2-4-15(8)9/h2-4,6H,5,13H2,1H3. The molecule has 2 heterocycles. The third kappa shape index (κ3) is 1.89. The van der Waals surface area contributed by atoms with Gasteiger partial charge in [-0.25, -0.2) is 9.37 Å². The van der Waals surface area contributed by atoms with E-state index in [4.69, 9.17) is 5.73 Å².